The molecule has 0 aliphatic carbocycles. The van der Waals surface area contributed by atoms with Gasteiger partial charge in [-0.1, -0.05) is 0 Å². The van der Waals surface area contributed by atoms with Gasteiger partial charge < -0.3 is 4.74 Å². The lowest BCUT2D eigenvalue weighted by Crippen LogP contribution is -2.31. The molecule has 1 N–H and O–H groups in total. The summed E-state index contributed by atoms with van der Waals surface area (Å²) in [6.45, 7) is 1.70. The molecule has 0 aromatic carbocycles. The highest BCUT2D eigenvalue weighted by molar-refractivity contribution is 6.31. The summed E-state index contributed by atoms with van der Waals surface area (Å²) in [7, 11) is 1.05. The van der Waals surface area contributed by atoms with E-state index in [9.17, 15) is 9.59 Å². The minimum atomic E-state index is -1.07. The Morgan fingerprint density at radius 3 is 2.40 bits per heavy atom. The van der Waals surface area contributed by atoms with Crippen molar-refractivity contribution in [3.8, 4) is 0 Å². The zero-order valence-corrected chi connectivity index (χ0v) is 5.83. The van der Waals surface area contributed by atoms with Crippen molar-refractivity contribution >= 4 is 11.9 Å². The van der Waals surface area contributed by atoms with Crippen LogP contribution in [0.2, 0.25) is 0 Å². The van der Waals surface area contributed by atoms with Gasteiger partial charge in [0.05, 0.1) is 6.61 Å². The van der Waals surface area contributed by atoms with Gasteiger partial charge in [-0.15, -0.1) is 0 Å². The molecule has 5 nitrogen and oxygen atoms in total. The third-order valence-corrected chi connectivity index (χ3v) is 0.744. The largest absolute Gasteiger partial charge is 0.459 e. The van der Waals surface area contributed by atoms with Crippen molar-refractivity contribution < 1.29 is 19.5 Å². The number of hydrogen-bond acceptors (Lipinski definition) is 4. The molecule has 0 unspecified atom stereocenters. The first-order valence-corrected chi connectivity index (χ1v) is 2.73. The van der Waals surface area contributed by atoms with Crippen LogP contribution in [0.1, 0.15) is 6.92 Å². The Hall–Kier alpha value is -1.10. The van der Waals surface area contributed by atoms with E-state index in [0.29, 0.717) is 0 Å². The van der Waals surface area contributed by atoms with Crippen LogP contribution in [-0.2, 0) is 14.3 Å². The summed E-state index contributed by atoms with van der Waals surface area (Å²) in [6, 6.07) is 0. The topological polar surface area (TPSA) is 66.8 Å². The normalized spacial score (nSPS) is 8.70. The first-order valence-electron chi connectivity index (χ1n) is 2.73. The molecule has 0 saturated carbocycles. The van der Waals surface area contributed by atoms with Crippen LogP contribution in [0.4, 0.5) is 0 Å². The first-order chi connectivity index (χ1) is 4.59. The molecule has 0 spiro atoms. The Bertz CT molecular complexity index is 143. The standard InChI is InChI=1S/C5H9NO4/c1-3-10-5(8)4(7)6(2)9/h9H,3H2,1-2H3. The predicted molar refractivity (Wildman–Crippen MR) is 31.2 cm³/mol. The molecule has 0 rings (SSSR count). The van der Waals surface area contributed by atoms with Crippen molar-refractivity contribution in [1.29, 1.82) is 0 Å². The van der Waals surface area contributed by atoms with Gasteiger partial charge in [-0.05, 0) is 6.92 Å². The molecule has 0 aliphatic rings. The molecular weight excluding hydrogens is 138 g/mol. The summed E-state index contributed by atoms with van der Waals surface area (Å²) >= 11 is 0. The third-order valence-electron chi connectivity index (χ3n) is 0.744. The number of esters is 1. The Morgan fingerprint density at radius 2 is 2.10 bits per heavy atom. The van der Waals surface area contributed by atoms with E-state index in [4.69, 9.17) is 5.21 Å². The van der Waals surface area contributed by atoms with Gasteiger partial charge in [-0.2, -0.15) is 0 Å². The van der Waals surface area contributed by atoms with E-state index < -0.39 is 11.9 Å². The van der Waals surface area contributed by atoms with Gasteiger partial charge in [0, 0.05) is 7.05 Å². The summed E-state index contributed by atoms with van der Waals surface area (Å²) < 4.78 is 4.27. The second kappa shape index (κ2) is 3.84. The average Bonchev–Trinajstić information content (AvgIpc) is 1.87. The maximum Gasteiger partial charge on any atom is 0.399 e. The van der Waals surface area contributed by atoms with Crippen LogP contribution in [0.15, 0.2) is 0 Å². The predicted octanol–water partition coefficient (Wildman–Crippen LogP) is -0.603. The second-order valence-corrected chi connectivity index (χ2v) is 1.55. The lowest BCUT2D eigenvalue weighted by molar-refractivity contribution is -0.176. The molecule has 0 atom stereocenters. The van der Waals surface area contributed by atoms with E-state index in [0.717, 1.165) is 7.05 Å². The number of amides is 1. The quantitative estimate of drug-likeness (QED) is 0.233. The smallest absolute Gasteiger partial charge is 0.399 e. The fourth-order valence-electron chi connectivity index (χ4n) is 0.325. The molecule has 58 valence electrons. The monoisotopic (exact) mass is 147 g/mol. The number of likely N-dealkylation sites (N-methyl/N-ethyl adjacent to an activating group) is 1. The Kier molecular flexibility index (Phi) is 3.42. The Balaban J connectivity index is 3.83. The number of hydrogen-bond donors (Lipinski definition) is 1. The van der Waals surface area contributed by atoms with E-state index in [-0.39, 0.29) is 11.7 Å². The highest BCUT2D eigenvalue weighted by atomic mass is 16.6. The average molecular weight is 147 g/mol. The van der Waals surface area contributed by atoms with Gasteiger partial charge in [0.15, 0.2) is 0 Å². The fraction of sp³-hybridized carbons (Fsp3) is 0.600. The summed E-state index contributed by atoms with van der Waals surface area (Å²) in [5.41, 5.74) is 0. The highest BCUT2D eigenvalue weighted by Crippen LogP contribution is 1.83. The van der Waals surface area contributed by atoms with Crippen molar-refractivity contribution in [1.82, 2.24) is 5.06 Å². The van der Waals surface area contributed by atoms with Crippen LogP contribution < -0.4 is 0 Å². The van der Waals surface area contributed by atoms with Crippen LogP contribution in [0.3, 0.4) is 0 Å². The maximum absolute atomic E-state index is 10.4. The molecule has 10 heavy (non-hydrogen) atoms. The molecule has 0 fully saturated rings. The van der Waals surface area contributed by atoms with Crippen molar-refractivity contribution in [2.45, 2.75) is 6.92 Å². The molecular formula is C5H9NO4. The van der Waals surface area contributed by atoms with Crippen LogP contribution in [0.5, 0.6) is 0 Å². The van der Waals surface area contributed by atoms with Gasteiger partial charge in [0.1, 0.15) is 0 Å². The summed E-state index contributed by atoms with van der Waals surface area (Å²) in [6.07, 6.45) is 0. The van der Waals surface area contributed by atoms with Crippen LogP contribution in [0, 0.1) is 0 Å². The number of carbonyl (C=O) groups is 2. The summed E-state index contributed by atoms with van der Waals surface area (Å²) in [5.74, 6) is -2.12. The number of ether oxygens (including phenoxy) is 1. The van der Waals surface area contributed by atoms with Gasteiger partial charge in [-0.3, -0.25) is 10.0 Å². The maximum atomic E-state index is 10.4. The third kappa shape index (κ3) is 2.45. The van der Waals surface area contributed by atoms with Crippen molar-refractivity contribution in [2.75, 3.05) is 13.7 Å². The summed E-state index contributed by atoms with van der Waals surface area (Å²) in [5, 5.41) is 8.58. The molecule has 1 amide bonds. The molecule has 0 aromatic heterocycles. The van der Waals surface area contributed by atoms with Gasteiger partial charge in [-0.25, -0.2) is 9.86 Å². The van der Waals surface area contributed by atoms with E-state index in [1.807, 2.05) is 0 Å². The van der Waals surface area contributed by atoms with E-state index >= 15 is 0 Å². The zero-order valence-electron chi connectivity index (χ0n) is 5.83. The van der Waals surface area contributed by atoms with Gasteiger partial charge >= 0.3 is 11.9 Å². The lowest BCUT2D eigenvalue weighted by atomic mass is 10.6. The SMILES string of the molecule is CCOC(=O)C(=O)N(C)O. The van der Waals surface area contributed by atoms with E-state index in [2.05, 4.69) is 4.74 Å². The van der Waals surface area contributed by atoms with Crippen molar-refractivity contribution in [3.63, 3.8) is 0 Å². The Labute approximate surface area is 58.1 Å². The number of carbonyl (C=O) groups excluding carboxylic acids is 2. The van der Waals surface area contributed by atoms with E-state index in [1.54, 1.807) is 6.92 Å². The number of hydroxylamine groups is 2. The van der Waals surface area contributed by atoms with Crippen molar-refractivity contribution in [3.05, 3.63) is 0 Å². The van der Waals surface area contributed by atoms with Crippen molar-refractivity contribution in [2.24, 2.45) is 0 Å². The van der Waals surface area contributed by atoms with Crippen LogP contribution >= 0.6 is 0 Å². The number of nitrogens with zero attached hydrogens (tertiary/aromatic N) is 1. The lowest BCUT2D eigenvalue weighted by Gasteiger charge is -2.05. The first kappa shape index (κ1) is 8.90. The van der Waals surface area contributed by atoms with Gasteiger partial charge in [0.25, 0.3) is 0 Å². The fourth-order valence-corrected chi connectivity index (χ4v) is 0.325. The van der Waals surface area contributed by atoms with E-state index in [1.165, 1.54) is 0 Å². The summed E-state index contributed by atoms with van der Waals surface area (Å²) in [4.78, 5) is 20.8. The molecule has 0 aromatic rings. The molecule has 0 radical (unpaired) electrons. The van der Waals surface area contributed by atoms with Gasteiger partial charge in [0.2, 0.25) is 0 Å². The molecule has 0 saturated heterocycles. The van der Waals surface area contributed by atoms with Crippen LogP contribution in [-0.4, -0.2) is 35.8 Å². The number of rotatable bonds is 1. The molecule has 0 aliphatic heterocycles. The minimum absolute atomic E-state index is 0.123. The van der Waals surface area contributed by atoms with Crippen LogP contribution in [0.25, 0.3) is 0 Å². The minimum Gasteiger partial charge on any atom is -0.459 e. The molecule has 0 bridgehead atoms. The molecule has 5 heteroatoms. The zero-order chi connectivity index (χ0) is 8.15. The molecule has 0 heterocycles. The highest BCUT2D eigenvalue weighted by Gasteiger charge is 2.17. The second-order valence-electron chi connectivity index (χ2n) is 1.55. The Morgan fingerprint density at radius 1 is 1.60 bits per heavy atom.